The molecule has 1 aliphatic heterocycles. The van der Waals surface area contributed by atoms with E-state index in [-0.39, 0.29) is 0 Å². The van der Waals surface area contributed by atoms with E-state index in [0.29, 0.717) is 5.92 Å². The van der Waals surface area contributed by atoms with Gasteiger partial charge >= 0.3 is 0 Å². The maximum atomic E-state index is 5.94. The highest BCUT2D eigenvalue weighted by Gasteiger charge is 2.24. The maximum Gasteiger partial charge on any atom is 0.191 e. The topological polar surface area (TPSA) is 86.6 Å². The van der Waals surface area contributed by atoms with E-state index in [9.17, 15) is 0 Å². The van der Waals surface area contributed by atoms with Crippen molar-refractivity contribution in [1.29, 1.82) is 0 Å². The smallest absolute Gasteiger partial charge is 0.191 e. The molecule has 1 atom stereocenters. The summed E-state index contributed by atoms with van der Waals surface area (Å²) in [5, 5.41) is 16.0. The molecule has 25 heavy (non-hydrogen) atoms. The van der Waals surface area contributed by atoms with Crippen LogP contribution < -0.4 is 0 Å². The highest BCUT2D eigenvalue weighted by Crippen LogP contribution is 2.30. The Morgan fingerprint density at radius 3 is 3.08 bits per heavy atom. The fraction of sp³-hybridized carbons (Fsp3) is 0.471. The van der Waals surface area contributed by atoms with Crippen LogP contribution in [0.25, 0.3) is 0 Å². The molecule has 4 heterocycles. The summed E-state index contributed by atoms with van der Waals surface area (Å²) in [5.74, 6) is 1.47. The number of aromatic amines is 2. The largest absolute Gasteiger partial charge is 0.453 e. The van der Waals surface area contributed by atoms with Crippen LogP contribution in [0.3, 0.4) is 0 Å². The molecule has 0 bridgehead atoms. The number of H-pyrrole nitrogens is 2. The van der Waals surface area contributed by atoms with Gasteiger partial charge in [0.05, 0.1) is 12.2 Å². The van der Waals surface area contributed by atoms with Gasteiger partial charge in [-0.05, 0) is 30.3 Å². The first-order chi connectivity index (χ1) is 12.2. The monoisotopic (exact) mass is 358 g/mol. The highest BCUT2D eigenvalue weighted by molar-refractivity contribution is 7.99. The van der Waals surface area contributed by atoms with Crippen LogP contribution in [-0.2, 0) is 19.5 Å². The molecule has 0 amide bonds. The van der Waals surface area contributed by atoms with Crippen molar-refractivity contribution in [2.45, 2.75) is 55.9 Å². The predicted octanol–water partition coefficient (Wildman–Crippen LogP) is 3.34. The number of fused-ring (bicyclic) bond motifs is 1. The zero-order chi connectivity index (χ0) is 17.2. The number of furan rings is 1. The molecule has 1 unspecified atom stereocenters. The molecule has 0 saturated carbocycles. The van der Waals surface area contributed by atoms with Crippen molar-refractivity contribution in [2.24, 2.45) is 0 Å². The highest BCUT2D eigenvalue weighted by atomic mass is 32.2. The first kappa shape index (κ1) is 16.4. The van der Waals surface area contributed by atoms with E-state index >= 15 is 0 Å². The van der Waals surface area contributed by atoms with Gasteiger partial charge in [-0.25, -0.2) is 4.98 Å². The van der Waals surface area contributed by atoms with Crippen LogP contribution in [0.4, 0.5) is 0 Å². The van der Waals surface area contributed by atoms with Crippen LogP contribution in [0.15, 0.2) is 33.1 Å². The average Bonchev–Trinajstić information content (AvgIpc) is 3.36. The van der Waals surface area contributed by atoms with Crippen molar-refractivity contribution in [3.05, 3.63) is 41.2 Å². The zero-order valence-corrected chi connectivity index (χ0v) is 15.3. The number of nitrogens with one attached hydrogen (secondary N) is 2. The molecule has 0 saturated heterocycles. The van der Waals surface area contributed by atoms with E-state index in [1.54, 1.807) is 0 Å². The van der Waals surface area contributed by atoms with Gasteiger partial charge in [-0.1, -0.05) is 13.8 Å². The summed E-state index contributed by atoms with van der Waals surface area (Å²) in [4.78, 5) is 6.53. The quantitative estimate of drug-likeness (QED) is 0.703. The summed E-state index contributed by atoms with van der Waals surface area (Å²) in [7, 11) is 0. The summed E-state index contributed by atoms with van der Waals surface area (Å²) >= 11 is 1.45. The van der Waals surface area contributed by atoms with Gasteiger partial charge in [0.25, 0.3) is 0 Å². The molecular weight excluding hydrogens is 336 g/mol. The molecule has 2 N–H and O–H groups in total. The summed E-state index contributed by atoms with van der Waals surface area (Å²) in [6.07, 6.45) is 3.62. The van der Waals surface area contributed by atoms with E-state index in [1.807, 2.05) is 12.1 Å². The third kappa shape index (κ3) is 3.50. The van der Waals surface area contributed by atoms with Gasteiger partial charge in [0.15, 0.2) is 10.2 Å². The maximum absolute atomic E-state index is 5.94. The molecule has 0 aliphatic carbocycles. The van der Waals surface area contributed by atoms with Crippen LogP contribution in [0, 0.1) is 0 Å². The third-order valence-corrected chi connectivity index (χ3v) is 5.54. The Morgan fingerprint density at radius 2 is 2.28 bits per heavy atom. The second-order valence-electron chi connectivity index (χ2n) is 6.45. The van der Waals surface area contributed by atoms with Crippen molar-refractivity contribution in [1.82, 2.24) is 30.3 Å². The van der Waals surface area contributed by atoms with E-state index in [2.05, 4.69) is 44.1 Å². The summed E-state index contributed by atoms with van der Waals surface area (Å²) in [5.41, 5.74) is 3.90. The lowest BCUT2D eigenvalue weighted by atomic mass is 9.96. The van der Waals surface area contributed by atoms with E-state index in [0.717, 1.165) is 48.5 Å². The normalized spacial score (nSPS) is 16.1. The first-order valence-electron chi connectivity index (χ1n) is 8.63. The third-order valence-electron chi connectivity index (χ3n) is 4.73. The Balaban J connectivity index is 1.42. The molecule has 0 fully saturated rings. The van der Waals surface area contributed by atoms with Gasteiger partial charge in [0.1, 0.15) is 12.1 Å². The molecule has 3 aromatic heterocycles. The lowest BCUT2D eigenvalue weighted by Crippen LogP contribution is -2.30. The Hall–Kier alpha value is -2.06. The minimum Gasteiger partial charge on any atom is -0.453 e. The molecule has 132 valence electrons. The molecule has 3 aromatic rings. The van der Waals surface area contributed by atoms with E-state index < -0.39 is 0 Å². The molecule has 4 rings (SSSR count). The van der Waals surface area contributed by atoms with Crippen molar-refractivity contribution in [3.8, 4) is 0 Å². The van der Waals surface area contributed by atoms with Gasteiger partial charge in [-0.3, -0.25) is 15.1 Å². The molecule has 7 nitrogen and oxygen atoms in total. The molecule has 0 radical (unpaired) electrons. The number of hydrogen-bond donors (Lipinski definition) is 2. The molecule has 1 aliphatic rings. The van der Waals surface area contributed by atoms with Crippen molar-refractivity contribution in [2.75, 3.05) is 6.54 Å². The minimum atomic E-state index is 0.494. The van der Waals surface area contributed by atoms with Gasteiger partial charge in [0.2, 0.25) is 0 Å². The second-order valence-corrected chi connectivity index (χ2v) is 7.44. The Kier molecular flexibility index (Phi) is 4.63. The van der Waals surface area contributed by atoms with Crippen LogP contribution >= 0.6 is 11.8 Å². The minimum absolute atomic E-state index is 0.494. The fourth-order valence-electron chi connectivity index (χ4n) is 3.17. The number of hydrogen-bond acceptors (Lipinski definition) is 6. The molecular formula is C17H22N6OS. The lowest BCUT2D eigenvalue weighted by Gasteiger charge is -2.26. The lowest BCUT2D eigenvalue weighted by molar-refractivity contribution is 0.218. The fourth-order valence-corrected chi connectivity index (χ4v) is 3.84. The molecule has 0 aromatic carbocycles. The summed E-state index contributed by atoms with van der Waals surface area (Å²) in [6.45, 7) is 7.20. The van der Waals surface area contributed by atoms with Crippen LogP contribution in [0.2, 0.25) is 0 Å². The van der Waals surface area contributed by atoms with Gasteiger partial charge < -0.3 is 4.42 Å². The first-order valence-corrected chi connectivity index (χ1v) is 9.45. The molecule has 0 spiro atoms. The SMILES string of the molecule is CCC(C)c1n[nH]c2c1CN(Cc1ccc(Sc3ncn[nH]3)o1)CC2. The van der Waals surface area contributed by atoms with Gasteiger partial charge in [-0.15, -0.1) is 0 Å². The summed E-state index contributed by atoms with van der Waals surface area (Å²) < 4.78 is 5.94. The number of rotatable bonds is 6. The van der Waals surface area contributed by atoms with E-state index in [1.165, 1.54) is 35.0 Å². The van der Waals surface area contributed by atoms with Crippen LogP contribution in [-0.4, -0.2) is 36.8 Å². The van der Waals surface area contributed by atoms with Crippen LogP contribution in [0.1, 0.15) is 48.9 Å². The molecule has 8 heteroatoms. The number of aromatic nitrogens is 5. The predicted molar refractivity (Wildman–Crippen MR) is 94.3 cm³/mol. The van der Waals surface area contributed by atoms with Gasteiger partial charge in [0, 0.05) is 36.7 Å². The van der Waals surface area contributed by atoms with Gasteiger partial charge in [-0.2, -0.15) is 10.2 Å². The Bertz CT molecular complexity index is 824. The summed E-state index contributed by atoms with van der Waals surface area (Å²) in [6, 6.07) is 4.03. The van der Waals surface area contributed by atoms with Crippen molar-refractivity contribution in [3.63, 3.8) is 0 Å². The number of nitrogens with zero attached hydrogens (tertiary/aromatic N) is 4. The zero-order valence-electron chi connectivity index (χ0n) is 14.5. The van der Waals surface area contributed by atoms with Crippen molar-refractivity contribution >= 4 is 11.8 Å². The Morgan fingerprint density at radius 1 is 1.36 bits per heavy atom. The second kappa shape index (κ2) is 7.05. The average molecular weight is 358 g/mol. The Labute approximate surface area is 150 Å². The van der Waals surface area contributed by atoms with E-state index in [4.69, 9.17) is 4.42 Å². The standard InChI is InChI=1S/C17H22N6OS/c1-3-11(2)16-13-9-23(7-6-14(13)20-21-16)8-12-4-5-15(24-12)25-17-18-10-19-22-17/h4-5,10-11H,3,6-9H2,1-2H3,(H,20,21)(H,18,19,22). The van der Waals surface area contributed by atoms with Crippen molar-refractivity contribution < 1.29 is 4.42 Å². The van der Waals surface area contributed by atoms with Crippen LogP contribution in [0.5, 0.6) is 0 Å².